The van der Waals surface area contributed by atoms with Gasteiger partial charge in [0.05, 0.1) is 26.3 Å². The van der Waals surface area contributed by atoms with Crippen molar-refractivity contribution in [3.05, 3.63) is 0 Å². The van der Waals surface area contributed by atoms with Crippen molar-refractivity contribution in [2.24, 2.45) is 10.4 Å². The van der Waals surface area contributed by atoms with Crippen LogP contribution in [-0.2, 0) is 4.74 Å². The summed E-state index contributed by atoms with van der Waals surface area (Å²) in [7, 11) is 0. The molecule has 0 aliphatic carbocycles. The standard InChI is InChI=1S/C14H25F3N4O.HI/c1-3-18-12(19-7-13(2)9-22-10-13)20-11-4-5-21(6-11)8-14(15,16)17;/h11H,3-10H2,1-2H3,(H2,18,19,20);1H. The lowest BCUT2D eigenvalue weighted by Crippen LogP contribution is -2.47. The Balaban J connectivity index is 0.00000264. The molecule has 0 amide bonds. The van der Waals surface area contributed by atoms with Crippen LogP contribution < -0.4 is 10.6 Å². The summed E-state index contributed by atoms with van der Waals surface area (Å²) in [6, 6.07) is 0.00518. The van der Waals surface area contributed by atoms with E-state index >= 15 is 0 Å². The highest BCUT2D eigenvalue weighted by Crippen LogP contribution is 2.26. The normalized spacial score (nSPS) is 24.7. The Hall–Kier alpha value is -0.290. The highest BCUT2D eigenvalue weighted by atomic mass is 127. The first-order valence-corrected chi connectivity index (χ1v) is 7.71. The van der Waals surface area contributed by atoms with Gasteiger partial charge in [0.15, 0.2) is 5.96 Å². The first-order chi connectivity index (χ1) is 10.3. The smallest absolute Gasteiger partial charge is 0.380 e. The molecule has 1 atom stereocenters. The van der Waals surface area contributed by atoms with Gasteiger partial charge in [-0.05, 0) is 13.3 Å². The molecule has 136 valence electrons. The maximum Gasteiger partial charge on any atom is 0.401 e. The second kappa shape index (κ2) is 8.70. The molecule has 0 saturated carbocycles. The summed E-state index contributed by atoms with van der Waals surface area (Å²) in [6.07, 6.45) is -3.44. The molecule has 2 N–H and O–H groups in total. The number of nitrogens with one attached hydrogen (secondary N) is 2. The van der Waals surface area contributed by atoms with Crippen LogP contribution in [0.1, 0.15) is 20.3 Å². The number of guanidine groups is 1. The van der Waals surface area contributed by atoms with Crippen molar-refractivity contribution in [2.75, 3.05) is 45.9 Å². The average molecular weight is 450 g/mol. The summed E-state index contributed by atoms with van der Waals surface area (Å²) >= 11 is 0. The van der Waals surface area contributed by atoms with Crippen LogP contribution in [0.25, 0.3) is 0 Å². The van der Waals surface area contributed by atoms with Crippen molar-refractivity contribution in [3.63, 3.8) is 0 Å². The van der Waals surface area contributed by atoms with Crippen LogP contribution in [0.5, 0.6) is 0 Å². The maximum absolute atomic E-state index is 12.4. The van der Waals surface area contributed by atoms with E-state index in [0.717, 1.165) is 6.54 Å². The molecule has 9 heteroatoms. The summed E-state index contributed by atoms with van der Waals surface area (Å²) in [6.45, 7) is 6.89. The highest BCUT2D eigenvalue weighted by molar-refractivity contribution is 14.0. The van der Waals surface area contributed by atoms with Crippen molar-refractivity contribution < 1.29 is 17.9 Å². The molecule has 0 aromatic rings. The number of hydrogen-bond donors (Lipinski definition) is 2. The molecular formula is C14H26F3IN4O. The molecule has 0 aromatic carbocycles. The van der Waals surface area contributed by atoms with E-state index in [1.165, 1.54) is 4.90 Å². The third-order valence-corrected chi connectivity index (χ3v) is 3.88. The van der Waals surface area contributed by atoms with E-state index < -0.39 is 12.7 Å². The van der Waals surface area contributed by atoms with E-state index in [4.69, 9.17) is 4.74 Å². The number of nitrogens with zero attached hydrogens (tertiary/aromatic N) is 2. The predicted octanol–water partition coefficient (Wildman–Crippen LogP) is 1.83. The maximum atomic E-state index is 12.4. The van der Waals surface area contributed by atoms with Crippen molar-refractivity contribution in [3.8, 4) is 0 Å². The van der Waals surface area contributed by atoms with E-state index in [2.05, 4.69) is 22.5 Å². The lowest BCUT2D eigenvalue weighted by Gasteiger charge is -2.36. The Morgan fingerprint density at radius 2 is 2.09 bits per heavy atom. The molecule has 23 heavy (non-hydrogen) atoms. The molecule has 0 radical (unpaired) electrons. The number of hydrogen-bond acceptors (Lipinski definition) is 3. The van der Waals surface area contributed by atoms with Gasteiger partial charge in [-0.15, -0.1) is 24.0 Å². The lowest BCUT2D eigenvalue weighted by atomic mass is 9.89. The minimum atomic E-state index is -4.13. The van der Waals surface area contributed by atoms with Gasteiger partial charge in [-0.25, -0.2) is 0 Å². The third-order valence-electron chi connectivity index (χ3n) is 3.88. The number of rotatable bonds is 5. The molecule has 2 rings (SSSR count). The fourth-order valence-corrected chi connectivity index (χ4v) is 2.67. The number of alkyl halides is 3. The molecule has 2 aliphatic rings. The van der Waals surface area contributed by atoms with Crippen LogP contribution in [0.2, 0.25) is 0 Å². The second-order valence-electron chi connectivity index (χ2n) is 6.48. The first-order valence-electron chi connectivity index (χ1n) is 7.71. The monoisotopic (exact) mass is 450 g/mol. The van der Waals surface area contributed by atoms with Crippen LogP contribution in [-0.4, -0.2) is 69.0 Å². The summed E-state index contributed by atoms with van der Waals surface area (Å²) in [5.41, 5.74) is 0.0837. The summed E-state index contributed by atoms with van der Waals surface area (Å²) in [5, 5.41) is 6.39. The molecule has 0 spiro atoms. The molecule has 2 fully saturated rings. The third kappa shape index (κ3) is 7.00. The zero-order valence-corrected chi connectivity index (χ0v) is 15.9. The van der Waals surface area contributed by atoms with Gasteiger partial charge in [-0.1, -0.05) is 6.92 Å². The number of ether oxygens (including phenoxy) is 1. The Kier molecular flexibility index (Phi) is 7.85. The van der Waals surface area contributed by atoms with Gasteiger partial charge in [0.25, 0.3) is 0 Å². The Bertz CT molecular complexity index is 402. The van der Waals surface area contributed by atoms with Gasteiger partial charge in [0.2, 0.25) is 0 Å². The van der Waals surface area contributed by atoms with E-state index in [9.17, 15) is 13.2 Å². The van der Waals surface area contributed by atoms with Crippen LogP contribution >= 0.6 is 24.0 Å². The molecule has 0 bridgehead atoms. The highest BCUT2D eigenvalue weighted by Gasteiger charge is 2.35. The van der Waals surface area contributed by atoms with Gasteiger partial charge in [0, 0.05) is 31.1 Å². The van der Waals surface area contributed by atoms with Gasteiger partial charge in [-0.3, -0.25) is 9.89 Å². The minimum absolute atomic E-state index is 0. The molecule has 5 nitrogen and oxygen atoms in total. The number of aliphatic imine (C=N–C) groups is 1. The van der Waals surface area contributed by atoms with Gasteiger partial charge >= 0.3 is 6.18 Å². The molecule has 1 unspecified atom stereocenters. The van der Waals surface area contributed by atoms with Crippen molar-refractivity contribution >= 4 is 29.9 Å². The molecule has 2 heterocycles. The fraction of sp³-hybridized carbons (Fsp3) is 0.929. The fourth-order valence-electron chi connectivity index (χ4n) is 2.67. The van der Waals surface area contributed by atoms with E-state index in [1.54, 1.807) is 0 Å². The second-order valence-corrected chi connectivity index (χ2v) is 6.48. The van der Waals surface area contributed by atoms with Crippen LogP contribution in [0.15, 0.2) is 4.99 Å². The first kappa shape index (κ1) is 20.8. The van der Waals surface area contributed by atoms with Gasteiger partial charge in [-0.2, -0.15) is 13.2 Å². The van der Waals surface area contributed by atoms with Crippen molar-refractivity contribution in [2.45, 2.75) is 32.5 Å². The molecule has 2 saturated heterocycles. The largest absolute Gasteiger partial charge is 0.401 e. The Labute approximate surface area is 152 Å². The quantitative estimate of drug-likeness (QED) is 0.382. The van der Waals surface area contributed by atoms with Crippen molar-refractivity contribution in [1.29, 1.82) is 0 Å². The van der Waals surface area contributed by atoms with E-state index in [1.807, 2.05) is 6.92 Å². The van der Waals surface area contributed by atoms with Gasteiger partial charge < -0.3 is 15.4 Å². The minimum Gasteiger partial charge on any atom is -0.380 e. The van der Waals surface area contributed by atoms with Crippen LogP contribution in [0.4, 0.5) is 13.2 Å². The summed E-state index contributed by atoms with van der Waals surface area (Å²) in [4.78, 5) is 5.98. The van der Waals surface area contributed by atoms with Crippen LogP contribution in [0.3, 0.4) is 0 Å². The zero-order chi connectivity index (χ0) is 16.2. The zero-order valence-electron chi connectivity index (χ0n) is 13.6. The predicted molar refractivity (Wildman–Crippen MR) is 94.4 cm³/mol. The average Bonchev–Trinajstić information content (AvgIpc) is 2.79. The molecule has 2 aliphatic heterocycles. The Morgan fingerprint density at radius 1 is 1.39 bits per heavy atom. The summed E-state index contributed by atoms with van der Waals surface area (Å²) < 4.78 is 42.4. The number of halogens is 4. The molecular weight excluding hydrogens is 424 g/mol. The number of likely N-dealkylation sites (tertiary alicyclic amines) is 1. The SMILES string of the molecule is CCNC(=NCC1(C)COC1)NC1CCN(CC(F)(F)F)C1.I. The van der Waals surface area contributed by atoms with E-state index in [-0.39, 0.29) is 35.4 Å². The van der Waals surface area contributed by atoms with Gasteiger partial charge in [0.1, 0.15) is 0 Å². The summed E-state index contributed by atoms with van der Waals surface area (Å²) in [5.74, 6) is 0.675. The topological polar surface area (TPSA) is 48.9 Å². The lowest BCUT2D eigenvalue weighted by molar-refractivity contribution is -0.143. The molecule has 0 aromatic heterocycles. The van der Waals surface area contributed by atoms with E-state index in [0.29, 0.717) is 45.2 Å². The van der Waals surface area contributed by atoms with Crippen molar-refractivity contribution in [1.82, 2.24) is 15.5 Å². The Morgan fingerprint density at radius 3 is 2.61 bits per heavy atom. The van der Waals surface area contributed by atoms with Crippen LogP contribution in [0, 0.1) is 5.41 Å².